The molecule has 3 rings (SSSR count). The van der Waals surface area contributed by atoms with Crippen LogP contribution in [0.1, 0.15) is 18.2 Å². The molecule has 5 nitrogen and oxygen atoms in total. The van der Waals surface area contributed by atoms with Gasteiger partial charge < -0.3 is 19.8 Å². The van der Waals surface area contributed by atoms with E-state index >= 15 is 0 Å². The second-order valence-electron chi connectivity index (χ2n) is 7.49. The smallest absolute Gasteiger partial charge is 0.228 e. The van der Waals surface area contributed by atoms with Gasteiger partial charge in [0.1, 0.15) is 0 Å². The highest BCUT2D eigenvalue weighted by Gasteiger charge is 2.43. The number of carbonyl (C=O) groups is 1. The molecule has 6 heteroatoms. The van der Waals surface area contributed by atoms with Crippen molar-refractivity contribution in [1.29, 1.82) is 0 Å². The Kier molecular flexibility index (Phi) is 6.49. The Balaban J connectivity index is 1.66. The van der Waals surface area contributed by atoms with Gasteiger partial charge in [-0.15, -0.1) is 11.3 Å². The number of piperazine rings is 1. The molecule has 0 radical (unpaired) electrons. The topological polar surface area (TPSA) is 47.0 Å². The van der Waals surface area contributed by atoms with Crippen LogP contribution in [0.5, 0.6) is 0 Å². The monoisotopic (exact) mass is 365 g/mol. The second-order valence-corrected chi connectivity index (χ2v) is 8.52. The molecule has 1 amide bonds. The number of hydrogen-bond acceptors (Lipinski definition) is 5. The average Bonchev–Trinajstić information content (AvgIpc) is 3.24. The van der Waals surface area contributed by atoms with Gasteiger partial charge in [0.2, 0.25) is 5.91 Å². The zero-order chi connectivity index (χ0) is 17.8. The highest BCUT2D eigenvalue weighted by atomic mass is 32.1. The van der Waals surface area contributed by atoms with E-state index in [1.165, 1.54) is 0 Å². The van der Waals surface area contributed by atoms with E-state index in [-0.39, 0.29) is 18.6 Å². The number of carbonyl (C=O) groups excluding carboxylic acids is 1. The van der Waals surface area contributed by atoms with E-state index in [1.807, 2.05) is 22.4 Å². The maximum absolute atomic E-state index is 12.8. The number of nitrogens with zero attached hydrogens (tertiary/aromatic N) is 3. The van der Waals surface area contributed by atoms with Crippen molar-refractivity contribution in [3.63, 3.8) is 0 Å². The Morgan fingerprint density at radius 3 is 2.68 bits per heavy atom. The third-order valence-electron chi connectivity index (χ3n) is 5.93. The van der Waals surface area contributed by atoms with Crippen LogP contribution in [0.15, 0.2) is 17.5 Å². The van der Waals surface area contributed by atoms with Crippen molar-refractivity contribution in [2.24, 2.45) is 11.8 Å². The van der Waals surface area contributed by atoms with Crippen LogP contribution in [0.3, 0.4) is 0 Å². The van der Waals surface area contributed by atoms with E-state index in [9.17, 15) is 9.90 Å². The highest BCUT2D eigenvalue weighted by molar-refractivity contribution is 7.10. The number of amides is 1. The number of likely N-dealkylation sites (tertiary alicyclic amines) is 1. The number of hydrogen-bond donors (Lipinski definition) is 1. The quantitative estimate of drug-likeness (QED) is 0.827. The van der Waals surface area contributed by atoms with Gasteiger partial charge in [-0.2, -0.15) is 0 Å². The summed E-state index contributed by atoms with van der Waals surface area (Å²) in [4.78, 5) is 20.8. The van der Waals surface area contributed by atoms with Crippen LogP contribution in [0, 0.1) is 11.8 Å². The summed E-state index contributed by atoms with van der Waals surface area (Å²) in [6.45, 7) is 8.47. The predicted octanol–water partition coefficient (Wildman–Crippen LogP) is 1.38. The van der Waals surface area contributed by atoms with Gasteiger partial charge in [0, 0.05) is 44.1 Å². The summed E-state index contributed by atoms with van der Waals surface area (Å²) in [6.07, 6.45) is 1.53. The number of thiophene rings is 1. The molecule has 0 aliphatic carbocycles. The Hall–Kier alpha value is -0.950. The molecule has 0 aromatic carbocycles. The molecule has 3 atom stereocenters. The van der Waals surface area contributed by atoms with E-state index < -0.39 is 0 Å². The van der Waals surface area contributed by atoms with E-state index in [2.05, 4.69) is 23.8 Å². The molecule has 2 fully saturated rings. The molecule has 0 spiro atoms. The van der Waals surface area contributed by atoms with Crippen LogP contribution in [0.25, 0.3) is 0 Å². The predicted molar refractivity (Wildman–Crippen MR) is 102 cm³/mol. The summed E-state index contributed by atoms with van der Waals surface area (Å²) >= 11 is 1.63. The first-order valence-electron chi connectivity index (χ1n) is 9.46. The standard InChI is InChI=1S/C19H31N3O2S/c1-3-15-12-22(19(24)11-16-5-4-10-25-16)18(14-23)17(15)13-21-8-6-20(2)7-9-21/h4-5,10,15,17-18,23H,3,6-9,11-14H2,1-2H3/t15-,17-,18-/m1/s1. The molecule has 0 bridgehead atoms. The van der Waals surface area contributed by atoms with Gasteiger partial charge in [-0.1, -0.05) is 19.4 Å². The Morgan fingerprint density at radius 1 is 1.32 bits per heavy atom. The zero-order valence-electron chi connectivity index (χ0n) is 15.4. The summed E-state index contributed by atoms with van der Waals surface area (Å²) < 4.78 is 0. The van der Waals surface area contributed by atoms with Crippen molar-refractivity contribution in [2.75, 3.05) is 52.9 Å². The van der Waals surface area contributed by atoms with Crippen molar-refractivity contribution in [2.45, 2.75) is 25.8 Å². The lowest BCUT2D eigenvalue weighted by molar-refractivity contribution is -0.132. The first-order chi connectivity index (χ1) is 12.1. The molecule has 1 aromatic rings. The van der Waals surface area contributed by atoms with Crippen molar-refractivity contribution < 1.29 is 9.90 Å². The fourth-order valence-corrected chi connectivity index (χ4v) is 4.98. The minimum absolute atomic E-state index is 0.0305. The van der Waals surface area contributed by atoms with Crippen molar-refractivity contribution in [1.82, 2.24) is 14.7 Å². The summed E-state index contributed by atoms with van der Waals surface area (Å²) in [5, 5.41) is 12.1. The number of rotatable bonds is 6. The largest absolute Gasteiger partial charge is 0.394 e. The van der Waals surface area contributed by atoms with Crippen LogP contribution in [0.2, 0.25) is 0 Å². The molecule has 25 heavy (non-hydrogen) atoms. The normalized spacial score (nSPS) is 28.6. The minimum atomic E-state index is -0.0305. The Bertz CT molecular complexity index is 543. The lowest BCUT2D eigenvalue weighted by Crippen LogP contribution is -2.49. The summed E-state index contributed by atoms with van der Waals surface area (Å²) in [5.41, 5.74) is 0. The fraction of sp³-hybridized carbons (Fsp3) is 0.737. The van der Waals surface area contributed by atoms with Crippen molar-refractivity contribution >= 4 is 17.2 Å². The van der Waals surface area contributed by atoms with Crippen LogP contribution >= 0.6 is 11.3 Å². The van der Waals surface area contributed by atoms with Gasteiger partial charge in [0.05, 0.1) is 19.1 Å². The molecule has 2 aliphatic heterocycles. The molecular weight excluding hydrogens is 334 g/mol. The van der Waals surface area contributed by atoms with Crippen LogP contribution in [0.4, 0.5) is 0 Å². The third-order valence-corrected chi connectivity index (χ3v) is 6.81. The van der Waals surface area contributed by atoms with Crippen LogP contribution < -0.4 is 0 Å². The zero-order valence-corrected chi connectivity index (χ0v) is 16.2. The van der Waals surface area contributed by atoms with E-state index in [4.69, 9.17) is 0 Å². The minimum Gasteiger partial charge on any atom is -0.394 e. The van der Waals surface area contributed by atoms with E-state index in [0.29, 0.717) is 18.3 Å². The number of aliphatic hydroxyl groups excluding tert-OH is 1. The Labute approximate surface area is 155 Å². The molecule has 0 saturated carbocycles. The van der Waals surface area contributed by atoms with E-state index in [0.717, 1.165) is 50.6 Å². The lowest BCUT2D eigenvalue weighted by atomic mass is 9.88. The fourth-order valence-electron chi connectivity index (χ4n) is 4.28. The van der Waals surface area contributed by atoms with Gasteiger partial charge in [-0.05, 0) is 30.3 Å². The molecule has 1 N–H and O–H groups in total. The number of aliphatic hydroxyl groups is 1. The van der Waals surface area contributed by atoms with Gasteiger partial charge in [0.25, 0.3) is 0 Å². The van der Waals surface area contributed by atoms with Crippen molar-refractivity contribution in [3.8, 4) is 0 Å². The first-order valence-corrected chi connectivity index (χ1v) is 10.3. The third kappa shape index (κ3) is 4.42. The molecule has 140 valence electrons. The van der Waals surface area contributed by atoms with Gasteiger partial charge in [0.15, 0.2) is 0 Å². The van der Waals surface area contributed by atoms with Gasteiger partial charge >= 0.3 is 0 Å². The van der Waals surface area contributed by atoms with Crippen molar-refractivity contribution in [3.05, 3.63) is 22.4 Å². The molecule has 3 heterocycles. The lowest BCUT2D eigenvalue weighted by Gasteiger charge is -2.36. The van der Waals surface area contributed by atoms with Gasteiger partial charge in [-0.25, -0.2) is 0 Å². The van der Waals surface area contributed by atoms with Crippen LogP contribution in [-0.4, -0.2) is 84.7 Å². The maximum Gasteiger partial charge on any atom is 0.228 e. The Morgan fingerprint density at radius 2 is 2.08 bits per heavy atom. The molecular formula is C19H31N3O2S. The van der Waals surface area contributed by atoms with E-state index in [1.54, 1.807) is 11.3 Å². The molecule has 2 saturated heterocycles. The second kappa shape index (κ2) is 8.62. The average molecular weight is 366 g/mol. The number of likely N-dealkylation sites (N-methyl/N-ethyl adjacent to an activating group) is 1. The summed E-state index contributed by atoms with van der Waals surface area (Å²) in [5.74, 6) is 1.04. The summed E-state index contributed by atoms with van der Waals surface area (Å²) in [7, 11) is 2.17. The molecule has 2 aliphatic rings. The molecule has 1 aromatic heterocycles. The first kappa shape index (κ1) is 18.8. The SMILES string of the molecule is CC[C@@H]1CN(C(=O)Cc2cccs2)[C@H](CO)[C@@H]1CN1CCN(C)CC1. The molecule has 0 unspecified atom stereocenters. The maximum atomic E-state index is 12.8. The van der Waals surface area contributed by atoms with Crippen LogP contribution in [-0.2, 0) is 11.2 Å². The van der Waals surface area contributed by atoms with Gasteiger partial charge in [-0.3, -0.25) is 4.79 Å². The highest BCUT2D eigenvalue weighted by Crippen LogP contribution is 2.33. The summed E-state index contributed by atoms with van der Waals surface area (Å²) in [6, 6.07) is 3.98.